The highest BCUT2D eigenvalue weighted by Gasteiger charge is 2.19. The lowest BCUT2D eigenvalue weighted by molar-refractivity contribution is 0.584. The number of rotatable bonds is 7. The Morgan fingerprint density at radius 2 is 0.840 bits per heavy atom. The third-order valence-corrected chi connectivity index (χ3v) is 8.84. The van der Waals surface area contributed by atoms with Crippen molar-refractivity contribution in [2.75, 3.05) is 4.90 Å². The van der Waals surface area contributed by atoms with E-state index in [0.29, 0.717) is 11.8 Å². The second kappa shape index (κ2) is 12.6. The summed E-state index contributed by atoms with van der Waals surface area (Å²) in [5, 5.41) is 10.9. The smallest absolute Gasteiger partial charge is 0.248 e. The molecule has 0 fully saturated rings. The summed E-state index contributed by atoms with van der Waals surface area (Å²) in [4.78, 5) is 12.5. The Balaban J connectivity index is 1.13. The second-order valence-corrected chi connectivity index (χ2v) is 12.0. The third kappa shape index (κ3) is 5.45. The van der Waals surface area contributed by atoms with Gasteiger partial charge in [-0.2, -0.15) is 0 Å². The number of para-hydroxylation sites is 2. The molecule has 0 amide bonds. The summed E-state index contributed by atoms with van der Waals surface area (Å²) in [6, 6.07) is 59.8. The van der Waals surface area contributed by atoms with Crippen LogP contribution < -0.4 is 4.90 Å². The molecule has 0 unspecified atom stereocenters. The molecule has 0 radical (unpaired) electrons. The van der Waals surface area contributed by atoms with E-state index in [2.05, 4.69) is 106 Å². The first-order chi connectivity index (χ1) is 24.8. The van der Waals surface area contributed by atoms with Crippen molar-refractivity contribution in [3.8, 4) is 45.4 Å². The maximum Gasteiger partial charge on any atom is 0.248 e. The molecule has 7 aromatic carbocycles. The van der Waals surface area contributed by atoms with Gasteiger partial charge in [0, 0.05) is 39.0 Å². The van der Waals surface area contributed by atoms with Gasteiger partial charge >= 0.3 is 0 Å². The first kappa shape index (κ1) is 29.2. The Morgan fingerprint density at radius 1 is 0.380 bits per heavy atom. The molecule has 2 aromatic heterocycles. The van der Waals surface area contributed by atoms with E-state index in [1.807, 2.05) is 84.9 Å². The number of fused-ring (bicyclic) bond motifs is 2. The largest absolute Gasteiger partial charge is 0.416 e. The maximum atomic E-state index is 6.06. The molecule has 0 aliphatic heterocycles. The summed E-state index contributed by atoms with van der Waals surface area (Å²) in [6.45, 7) is 0. The van der Waals surface area contributed by atoms with E-state index in [1.165, 1.54) is 5.39 Å². The monoisotopic (exact) mass is 643 g/mol. The van der Waals surface area contributed by atoms with E-state index >= 15 is 0 Å². The van der Waals surface area contributed by atoms with Gasteiger partial charge in [-0.25, -0.2) is 9.97 Å². The van der Waals surface area contributed by atoms with E-state index in [-0.39, 0.29) is 0 Å². The third-order valence-electron chi connectivity index (χ3n) is 8.84. The van der Waals surface area contributed by atoms with Crippen molar-refractivity contribution in [1.29, 1.82) is 0 Å². The van der Waals surface area contributed by atoms with Crippen molar-refractivity contribution in [2.24, 2.45) is 0 Å². The molecule has 0 saturated heterocycles. The number of benzene rings is 7. The molecule has 9 rings (SSSR count). The first-order valence-corrected chi connectivity index (χ1v) is 16.5. The van der Waals surface area contributed by atoms with Crippen molar-refractivity contribution in [3.05, 3.63) is 176 Å². The summed E-state index contributed by atoms with van der Waals surface area (Å²) < 4.78 is 6.06. The Bertz CT molecular complexity index is 2580. The van der Waals surface area contributed by atoms with Crippen LogP contribution in [-0.2, 0) is 0 Å². The predicted octanol–water partition coefficient (Wildman–Crippen LogP) is 11.3. The topological polar surface area (TPSA) is 67.9 Å². The van der Waals surface area contributed by atoms with Crippen LogP contribution in [0.2, 0.25) is 0 Å². The minimum Gasteiger partial charge on any atom is -0.416 e. The fraction of sp³-hybridized carbons (Fsp3) is 0. The number of hydrogen-bond acceptors (Lipinski definition) is 6. The van der Waals surface area contributed by atoms with Crippen LogP contribution >= 0.6 is 0 Å². The molecule has 0 N–H and O–H groups in total. The van der Waals surface area contributed by atoms with Gasteiger partial charge in [-0.1, -0.05) is 109 Å². The molecule has 0 saturated carbocycles. The number of aromatic nitrogens is 4. The highest BCUT2D eigenvalue weighted by Crippen LogP contribution is 2.41. The molecular weight excluding hydrogens is 615 g/mol. The molecule has 236 valence electrons. The van der Waals surface area contributed by atoms with Crippen molar-refractivity contribution in [1.82, 2.24) is 20.2 Å². The highest BCUT2D eigenvalue weighted by molar-refractivity contribution is 5.99. The number of nitrogens with zero attached hydrogens (tertiary/aromatic N) is 5. The highest BCUT2D eigenvalue weighted by atomic mass is 16.4. The van der Waals surface area contributed by atoms with Crippen LogP contribution in [0.5, 0.6) is 0 Å². The summed E-state index contributed by atoms with van der Waals surface area (Å²) in [5.41, 5.74) is 10.3. The summed E-state index contributed by atoms with van der Waals surface area (Å²) in [7, 11) is 0. The van der Waals surface area contributed by atoms with E-state index in [0.717, 1.165) is 67.1 Å². The second-order valence-electron chi connectivity index (χ2n) is 12.0. The molecular formula is C44H29N5O. The van der Waals surface area contributed by atoms with Gasteiger partial charge in [0.2, 0.25) is 11.8 Å². The van der Waals surface area contributed by atoms with Crippen LogP contribution in [-0.4, -0.2) is 20.2 Å². The van der Waals surface area contributed by atoms with Crippen LogP contribution in [0.3, 0.4) is 0 Å². The van der Waals surface area contributed by atoms with Gasteiger partial charge in [0.25, 0.3) is 0 Å². The molecule has 0 atom stereocenters. The van der Waals surface area contributed by atoms with Crippen LogP contribution in [0, 0.1) is 0 Å². The van der Waals surface area contributed by atoms with Gasteiger partial charge in [0.05, 0.1) is 28.1 Å². The normalized spacial score (nSPS) is 11.2. The summed E-state index contributed by atoms with van der Waals surface area (Å²) >= 11 is 0. The molecule has 6 nitrogen and oxygen atoms in total. The van der Waals surface area contributed by atoms with Gasteiger partial charge in [0.15, 0.2) is 0 Å². The Morgan fingerprint density at radius 3 is 1.46 bits per heavy atom. The van der Waals surface area contributed by atoms with Gasteiger partial charge in [-0.05, 0) is 72.1 Å². The average molecular weight is 644 g/mol. The van der Waals surface area contributed by atoms with Gasteiger partial charge in [0.1, 0.15) is 0 Å². The van der Waals surface area contributed by atoms with Crippen LogP contribution in [0.15, 0.2) is 180 Å². The molecule has 0 spiro atoms. The number of hydrogen-bond donors (Lipinski definition) is 0. The minimum absolute atomic E-state index is 0.474. The average Bonchev–Trinajstić information content (AvgIpc) is 3.70. The van der Waals surface area contributed by atoms with Gasteiger partial charge in [-0.3, -0.25) is 0 Å². The van der Waals surface area contributed by atoms with Crippen molar-refractivity contribution in [2.45, 2.75) is 0 Å². The molecule has 0 bridgehead atoms. The molecule has 6 heteroatoms. The quantitative estimate of drug-likeness (QED) is 0.172. The van der Waals surface area contributed by atoms with Crippen molar-refractivity contribution < 1.29 is 4.42 Å². The zero-order valence-corrected chi connectivity index (χ0v) is 26.9. The lowest BCUT2D eigenvalue weighted by Crippen LogP contribution is -2.10. The Kier molecular flexibility index (Phi) is 7.37. The van der Waals surface area contributed by atoms with Gasteiger partial charge < -0.3 is 9.32 Å². The summed E-state index contributed by atoms with van der Waals surface area (Å²) in [5.74, 6) is 0.968. The van der Waals surface area contributed by atoms with Crippen molar-refractivity contribution in [3.63, 3.8) is 0 Å². The molecule has 0 aliphatic rings. The Labute approximate surface area is 289 Å². The van der Waals surface area contributed by atoms with Crippen LogP contribution in [0.4, 0.5) is 17.1 Å². The zero-order chi connectivity index (χ0) is 33.3. The zero-order valence-electron chi connectivity index (χ0n) is 26.9. The first-order valence-electron chi connectivity index (χ1n) is 16.5. The fourth-order valence-corrected chi connectivity index (χ4v) is 6.39. The van der Waals surface area contributed by atoms with E-state index in [9.17, 15) is 0 Å². The minimum atomic E-state index is 0.474. The lowest BCUT2D eigenvalue weighted by Gasteiger charge is -2.27. The predicted molar refractivity (Wildman–Crippen MR) is 201 cm³/mol. The van der Waals surface area contributed by atoms with E-state index in [4.69, 9.17) is 14.4 Å². The van der Waals surface area contributed by atoms with E-state index < -0.39 is 0 Å². The number of anilines is 3. The molecule has 0 aliphatic carbocycles. The SMILES string of the molecule is c1ccc(-c2nnc(-c3ccc(N(c4ccc(-c5nc6ccccc6nc5-c5ccccc5)cc4)c4cccc5ccccc45)cc3)o2)cc1. The molecule has 9 aromatic rings. The molecule has 2 heterocycles. The lowest BCUT2D eigenvalue weighted by atomic mass is 10.0. The van der Waals surface area contributed by atoms with E-state index in [1.54, 1.807) is 0 Å². The fourth-order valence-electron chi connectivity index (χ4n) is 6.39. The van der Waals surface area contributed by atoms with Crippen molar-refractivity contribution >= 4 is 38.9 Å². The standard InChI is InChI=1S/C44H29N5O/c1-3-13-31(14-4-1)41-42(46-39-20-10-9-19-38(39)45-41)32-22-26-35(27-23-32)49(40-21-11-17-30-12-7-8-18-37(30)40)36-28-24-34(25-29-36)44-48-47-43(50-44)33-15-5-2-6-16-33/h1-29H. The Hall–Kier alpha value is -6.92. The van der Waals surface area contributed by atoms with Crippen LogP contribution in [0.1, 0.15) is 0 Å². The van der Waals surface area contributed by atoms with Gasteiger partial charge in [-0.15, -0.1) is 10.2 Å². The molecule has 50 heavy (non-hydrogen) atoms. The maximum absolute atomic E-state index is 6.06. The van der Waals surface area contributed by atoms with Crippen LogP contribution in [0.25, 0.3) is 67.2 Å². The summed E-state index contributed by atoms with van der Waals surface area (Å²) in [6.07, 6.45) is 0.